The number of esters is 3. The van der Waals surface area contributed by atoms with Crippen LogP contribution in [-0.2, 0) is 28.6 Å². The first-order valence-electron chi connectivity index (χ1n) is 6.75. The van der Waals surface area contributed by atoms with Crippen molar-refractivity contribution >= 4 is 17.9 Å². The maximum absolute atomic E-state index is 12.2. The Morgan fingerprint density at radius 1 is 1.43 bits per heavy atom. The van der Waals surface area contributed by atoms with Gasteiger partial charge in [-0.15, -0.1) is 0 Å². The normalized spacial score (nSPS) is 39.0. The predicted molar refractivity (Wildman–Crippen MR) is 65.2 cm³/mol. The molecular formula is C14H15FO6. The van der Waals surface area contributed by atoms with Crippen molar-refractivity contribution in [3.63, 3.8) is 0 Å². The van der Waals surface area contributed by atoms with E-state index in [0.29, 0.717) is 6.42 Å². The standard InChI is InChI=1S/C14H15FO6/c1-5(2)12(16)20-10-6-3-7-9(14(18)21-11(7)10)8(6)13(17)19-4-15/h6-11H,1,3-4H2,2H3. The fourth-order valence-electron chi connectivity index (χ4n) is 3.84. The van der Waals surface area contributed by atoms with Crippen LogP contribution in [0.4, 0.5) is 4.39 Å². The first-order valence-corrected chi connectivity index (χ1v) is 6.75. The molecule has 3 rings (SSSR count). The summed E-state index contributed by atoms with van der Waals surface area (Å²) in [6, 6.07) is 0. The lowest BCUT2D eigenvalue weighted by Crippen LogP contribution is -2.43. The molecule has 6 atom stereocenters. The molecule has 21 heavy (non-hydrogen) atoms. The van der Waals surface area contributed by atoms with Crippen LogP contribution in [0.3, 0.4) is 0 Å². The molecule has 0 spiro atoms. The highest BCUT2D eigenvalue weighted by atomic mass is 19.1. The summed E-state index contributed by atoms with van der Waals surface area (Å²) in [6.45, 7) is 3.76. The van der Waals surface area contributed by atoms with Crippen molar-refractivity contribution in [2.24, 2.45) is 23.7 Å². The second-order valence-electron chi connectivity index (χ2n) is 5.74. The highest BCUT2D eigenvalue weighted by Crippen LogP contribution is 2.59. The molecule has 0 N–H and O–H groups in total. The molecule has 114 valence electrons. The molecule has 0 amide bonds. The molecule has 3 fully saturated rings. The molecule has 3 aliphatic rings. The van der Waals surface area contributed by atoms with Gasteiger partial charge < -0.3 is 14.2 Å². The summed E-state index contributed by atoms with van der Waals surface area (Å²) in [6.07, 6.45) is -0.689. The Labute approximate surface area is 120 Å². The molecule has 0 aromatic heterocycles. The van der Waals surface area contributed by atoms with Crippen LogP contribution in [0.25, 0.3) is 0 Å². The van der Waals surface area contributed by atoms with Crippen LogP contribution in [0.5, 0.6) is 0 Å². The number of ether oxygens (including phenoxy) is 3. The van der Waals surface area contributed by atoms with Gasteiger partial charge in [0.25, 0.3) is 0 Å². The molecule has 1 heterocycles. The maximum atomic E-state index is 12.2. The van der Waals surface area contributed by atoms with Crippen molar-refractivity contribution < 1.29 is 33.0 Å². The quantitative estimate of drug-likeness (QED) is 0.433. The number of carbonyl (C=O) groups excluding carboxylic acids is 3. The van der Waals surface area contributed by atoms with Crippen molar-refractivity contribution in [2.75, 3.05) is 6.86 Å². The van der Waals surface area contributed by atoms with Crippen LogP contribution < -0.4 is 0 Å². The molecule has 2 bridgehead atoms. The second kappa shape index (κ2) is 4.82. The number of halogens is 1. The Morgan fingerprint density at radius 2 is 2.14 bits per heavy atom. The zero-order valence-corrected chi connectivity index (χ0v) is 11.4. The number of fused-ring (bicyclic) bond motifs is 1. The van der Waals surface area contributed by atoms with Crippen LogP contribution >= 0.6 is 0 Å². The van der Waals surface area contributed by atoms with Gasteiger partial charge in [-0.25, -0.2) is 9.18 Å². The van der Waals surface area contributed by atoms with E-state index in [1.165, 1.54) is 6.92 Å². The average molecular weight is 298 g/mol. The summed E-state index contributed by atoms with van der Waals surface area (Å²) in [4.78, 5) is 35.5. The van der Waals surface area contributed by atoms with Gasteiger partial charge >= 0.3 is 17.9 Å². The third-order valence-electron chi connectivity index (χ3n) is 4.61. The van der Waals surface area contributed by atoms with Crippen molar-refractivity contribution in [3.8, 4) is 0 Å². The largest absolute Gasteiger partial charge is 0.458 e. The van der Waals surface area contributed by atoms with Crippen LogP contribution in [-0.4, -0.2) is 37.0 Å². The highest BCUT2D eigenvalue weighted by Gasteiger charge is 2.70. The lowest BCUT2D eigenvalue weighted by atomic mass is 9.78. The van der Waals surface area contributed by atoms with Crippen molar-refractivity contribution in [2.45, 2.75) is 25.6 Å². The SMILES string of the molecule is C=C(C)C(=O)OC1C2CC3C1OC(=O)C3C2C(=O)OCF. The van der Waals surface area contributed by atoms with Crippen LogP contribution in [0.15, 0.2) is 12.2 Å². The monoisotopic (exact) mass is 298 g/mol. The van der Waals surface area contributed by atoms with E-state index >= 15 is 0 Å². The van der Waals surface area contributed by atoms with E-state index in [-0.39, 0.29) is 17.4 Å². The van der Waals surface area contributed by atoms with E-state index in [2.05, 4.69) is 11.3 Å². The second-order valence-corrected chi connectivity index (χ2v) is 5.74. The predicted octanol–water partition coefficient (Wildman–Crippen LogP) is 0.752. The molecule has 2 aliphatic carbocycles. The van der Waals surface area contributed by atoms with E-state index in [1.807, 2.05) is 0 Å². The summed E-state index contributed by atoms with van der Waals surface area (Å²) in [5, 5.41) is 0. The van der Waals surface area contributed by atoms with Gasteiger partial charge in [-0.3, -0.25) is 9.59 Å². The molecule has 0 radical (unpaired) electrons. The molecule has 6 unspecified atom stereocenters. The van der Waals surface area contributed by atoms with E-state index < -0.39 is 48.8 Å². The number of hydrogen-bond acceptors (Lipinski definition) is 6. The van der Waals surface area contributed by atoms with Crippen LogP contribution in [0.1, 0.15) is 13.3 Å². The van der Waals surface area contributed by atoms with Gasteiger partial charge in [-0.1, -0.05) is 6.58 Å². The summed E-state index contributed by atoms with van der Waals surface area (Å²) in [5.74, 6) is -3.84. The number of carbonyl (C=O) groups is 3. The Hall–Kier alpha value is -1.92. The smallest absolute Gasteiger partial charge is 0.333 e. The zero-order chi connectivity index (χ0) is 15.3. The summed E-state index contributed by atoms with van der Waals surface area (Å²) < 4.78 is 27.2. The first-order chi connectivity index (χ1) is 9.95. The highest BCUT2D eigenvalue weighted by molar-refractivity contribution is 5.88. The first kappa shape index (κ1) is 14.0. The molecule has 1 saturated heterocycles. The fraction of sp³-hybridized carbons (Fsp3) is 0.643. The van der Waals surface area contributed by atoms with Crippen molar-refractivity contribution in [1.29, 1.82) is 0 Å². The molecule has 1 aliphatic heterocycles. The molecule has 2 saturated carbocycles. The van der Waals surface area contributed by atoms with Gasteiger partial charge in [0.15, 0.2) is 0 Å². The van der Waals surface area contributed by atoms with Gasteiger partial charge in [0.2, 0.25) is 6.86 Å². The van der Waals surface area contributed by atoms with E-state index in [4.69, 9.17) is 9.47 Å². The van der Waals surface area contributed by atoms with Crippen LogP contribution in [0, 0.1) is 23.7 Å². The molecule has 7 heteroatoms. The molecular weight excluding hydrogens is 283 g/mol. The number of rotatable bonds is 4. The van der Waals surface area contributed by atoms with Gasteiger partial charge in [0.1, 0.15) is 12.2 Å². The Balaban J connectivity index is 1.85. The number of hydrogen-bond donors (Lipinski definition) is 0. The molecule has 6 nitrogen and oxygen atoms in total. The van der Waals surface area contributed by atoms with E-state index in [0.717, 1.165) is 0 Å². The molecule has 0 aromatic rings. The third kappa shape index (κ3) is 1.94. The van der Waals surface area contributed by atoms with E-state index in [9.17, 15) is 18.8 Å². The minimum Gasteiger partial charge on any atom is -0.458 e. The Kier molecular flexibility index (Phi) is 3.22. The Morgan fingerprint density at radius 3 is 2.76 bits per heavy atom. The Bertz CT molecular complexity index is 530. The topological polar surface area (TPSA) is 78.9 Å². The van der Waals surface area contributed by atoms with Crippen LogP contribution in [0.2, 0.25) is 0 Å². The van der Waals surface area contributed by atoms with Crippen molar-refractivity contribution in [3.05, 3.63) is 12.2 Å². The summed E-state index contributed by atoms with van der Waals surface area (Å²) in [5.41, 5.74) is 0.224. The lowest BCUT2D eigenvalue weighted by Gasteiger charge is -2.29. The van der Waals surface area contributed by atoms with Gasteiger partial charge in [-0.2, -0.15) is 0 Å². The minimum absolute atomic E-state index is 0.178. The average Bonchev–Trinajstić information content (AvgIpc) is 3.01. The maximum Gasteiger partial charge on any atom is 0.333 e. The summed E-state index contributed by atoms with van der Waals surface area (Å²) in [7, 11) is 0. The number of alkyl halides is 1. The van der Waals surface area contributed by atoms with E-state index in [1.54, 1.807) is 0 Å². The zero-order valence-electron chi connectivity index (χ0n) is 11.4. The summed E-state index contributed by atoms with van der Waals surface area (Å²) >= 11 is 0. The van der Waals surface area contributed by atoms with Crippen molar-refractivity contribution in [1.82, 2.24) is 0 Å². The lowest BCUT2D eigenvalue weighted by molar-refractivity contribution is -0.164. The van der Waals surface area contributed by atoms with Gasteiger partial charge in [0, 0.05) is 17.4 Å². The molecule has 0 aromatic carbocycles. The van der Waals surface area contributed by atoms with Gasteiger partial charge in [0.05, 0.1) is 11.8 Å². The fourth-order valence-corrected chi connectivity index (χ4v) is 3.84. The van der Waals surface area contributed by atoms with Gasteiger partial charge in [-0.05, 0) is 13.3 Å². The minimum atomic E-state index is -1.24. The third-order valence-corrected chi connectivity index (χ3v) is 4.61.